The highest BCUT2D eigenvalue weighted by atomic mass is 28.4. The minimum Gasteiger partial charge on any atom is -0.400 e. The van der Waals surface area contributed by atoms with E-state index < -0.39 is 26.0 Å². The van der Waals surface area contributed by atoms with Crippen LogP contribution in [0.25, 0.3) is 0 Å². The van der Waals surface area contributed by atoms with Crippen LogP contribution >= 0.6 is 0 Å². The zero-order valence-corrected chi connectivity index (χ0v) is 18.6. The van der Waals surface area contributed by atoms with Crippen molar-refractivity contribution in [2.45, 2.75) is 82.8 Å². The van der Waals surface area contributed by atoms with Crippen molar-refractivity contribution in [3.63, 3.8) is 0 Å². The third-order valence-corrected chi connectivity index (χ3v) is 9.99. The average Bonchev–Trinajstić information content (AvgIpc) is 2.61. The monoisotopic (exact) mass is 427 g/mol. The van der Waals surface area contributed by atoms with Gasteiger partial charge >= 0.3 is 12.1 Å². The van der Waals surface area contributed by atoms with Crippen LogP contribution in [-0.4, -0.2) is 37.7 Å². The predicted octanol–water partition coefficient (Wildman–Crippen LogP) is 4.94. The molecule has 1 atom stereocenters. The first-order valence-corrected chi connectivity index (χ1v) is 12.6. The molecule has 0 aromatic heterocycles. The van der Waals surface area contributed by atoms with E-state index in [2.05, 4.69) is 57.5 Å². The molecule has 160 valence electrons. The molecular weight excluding hydrogens is 399 g/mol. The minimum atomic E-state index is -5.03. The van der Waals surface area contributed by atoms with Crippen LogP contribution < -0.4 is 0 Å². The molecule has 29 heavy (non-hydrogen) atoms. The number of amides is 1. The SMILES string of the molecule is CC(C)(C)[Si](C)(C)O[C@]12C#CCCC#CCON(C(=O)C(F)(F)F)C(=CC1)CC2. The van der Waals surface area contributed by atoms with Crippen molar-refractivity contribution in [3.05, 3.63) is 11.8 Å². The average molecular weight is 428 g/mol. The van der Waals surface area contributed by atoms with Crippen LogP contribution in [0.2, 0.25) is 18.1 Å². The van der Waals surface area contributed by atoms with Gasteiger partial charge in [-0.1, -0.05) is 50.5 Å². The smallest absolute Gasteiger partial charge is 0.400 e. The highest BCUT2D eigenvalue weighted by Gasteiger charge is 2.48. The molecule has 0 saturated carbocycles. The van der Waals surface area contributed by atoms with Crippen molar-refractivity contribution in [1.82, 2.24) is 5.06 Å². The molecule has 8 heteroatoms. The van der Waals surface area contributed by atoms with Gasteiger partial charge in [-0.25, -0.2) is 0 Å². The first-order chi connectivity index (χ1) is 13.3. The third-order valence-electron chi connectivity index (χ3n) is 5.48. The Hall–Kier alpha value is -1.74. The highest BCUT2D eigenvalue weighted by Crippen LogP contribution is 2.43. The van der Waals surface area contributed by atoms with E-state index in [4.69, 9.17) is 9.26 Å². The Kier molecular flexibility index (Phi) is 6.94. The van der Waals surface area contributed by atoms with Crippen LogP contribution in [-0.2, 0) is 14.1 Å². The fourth-order valence-corrected chi connectivity index (χ4v) is 4.37. The summed E-state index contributed by atoms with van der Waals surface area (Å²) in [5, 5.41) is 0.303. The summed E-state index contributed by atoms with van der Waals surface area (Å²) in [5.74, 6) is 9.77. The topological polar surface area (TPSA) is 38.8 Å². The van der Waals surface area contributed by atoms with E-state index in [-0.39, 0.29) is 23.8 Å². The van der Waals surface area contributed by atoms with E-state index in [1.54, 1.807) is 6.08 Å². The van der Waals surface area contributed by atoms with Gasteiger partial charge in [0.25, 0.3) is 0 Å². The summed E-state index contributed by atoms with van der Waals surface area (Å²) >= 11 is 0. The molecule has 3 aliphatic rings. The number of hydroxylamine groups is 2. The molecular formula is C21H28F3NO3Si. The first-order valence-electron chi connectivity index (χ1n) is 9.67. The number of carbonyl (C=O) groups is 1. The Morgan fingerprint density at radius 3 is 2.41 bits per heavy atom. The van der Waals surface area contributed by atoms with Gasteiger partial charge in [0.05, 0.1) is 0 Å². The molecule has 0 aromatic carbocycles. The van der Waals surface area contributed by atoms with Crippen molar-refractivity contribution >= 4 is 14.2 Å². The van der Waals surface area contributed by atoms with Gasteiger partial charge in [-0.3, -0.25) is 9.63 Å². The van der Waals surface area contributed by atoms with Crippen molar-refractivity contribution < 1.29 is 27.2 Å². The van der Waals surface area contributed by atoms with Crippen molar-refractivity contribution in [2.75, 3.05) is 6.61 Å². The summed E-state index contributed by atoms with van der Waals surface area (Å²) in [6.45, 7) is 10.3. The molecule has 0 fully saturated rings. The van der Waals surface area contributed by atoms with Crippen molar-refractivity contribution in [3.8, 4) is 23.7 Å². The molecule has 3 rings (SSSR count). The fraction of sp³-hybridized carbons (Fsp3) is 0.667. The number of allylic oxidation sites excluding steroid dienone is 1. The minimum absolute atomic E-state index is 0.0402. The van der Waals surface area contributed by atoms with Crippen LogP contribution in [0.15, 0.2) is 11.8 Å². The Morgan fingerprint density at radius 1 is 1.21 bits per heavy atom. The maximum absolute atomic E-state index is 13.0. The van der Waals surface area contributed by atoms with Gasteiger partial charge in [-0.15, -0.1) is 0 Å². The largest absolute Gasteiger partial charge is 0.473 e. The van der Waals surface area contributed by atoms with E-state index >= 15 is 0 Å². The molecule has 0 aromatic rings. The maximum Gasteiger partial charge on any atom is 0.473 e. The Bertz CT molecular complexity index is 790. The number of carbonyl (C=O) groups excluding carboxylic acids is 1. The van der Waals surface area contributed by atoms with E-state index in [1.807, 2.05) is 0 Å². The summed E-state index contributed by atoms with van der Waals surface area (Å²) in [6, 6.07) is 0. The number of hydrogen-bond acceptors (Lipinski definition) is 3. The standard InChI is InChI=1S/C21H28F3NO3Si/c1-19(2,3)29(4,5)28-20-13-9-7-6-8-10-16-27-25(18(26)21(22,23)24)17(11-14-20)12-15-20/h11H,6-7,12,14-16H2,1-5H3/t20-/m1/s1. The van der Waals surface area contributed by atoms with Gasteiger partial charge in [0, 0.05) is 25.0 Å². The van der Waals surface area contributed by atoms with Crippen LogP contribution in [0.1, 0.15) is 52.9 Å². The Morgan fingerprint density at radius 2 is 1.86 bits per heavy atom. The second-order valence-electron chi connectivity index (χ2n) is 8.78. The van der Waals surface area contributed by atoms with Crippen molar-refractivity contribution in [2.24, 2.45) is 0 Å². The maximum atomic E-state index is 13.0. The number of rotatable bonds is 2. The summed E-state index contributed by atoms with van der Waals surface area (Å²) < 4.78 is 45.7. The number of hydrogen-bond donors (Lipinski definition) is 0. The predicted molar refractivity (Wildman–Crippen MR) is 107 cm³/mol. The molecule has 1 aliphatic carbocycles. The van der Waals surface area contributed by atoms with Gasteiger partial charge in [0.1, 0.15) is 12.2 Å². The van der Waals surface area contributed by atoms with E-state index in [1.165, 1.54) is 0 Å². The van der Waals surface area contributed by atoms with Gasteiger partial charge < -0.3 is 4.43 Å². The Labute approximate surface area is 171 Å². The number of fused-ring (bicyclic) bond motifs is 8. The molecule has 0 saturated heterocycles. The second kappa shape index (κ2) is 8.55. The Balaban J connectivity index is 2.41. The lowest BCUT2D eigenvalue weighted by Gasteiger charge is -2.45. The number of alkyl halides is 3. The highest BCUT2D eigenvalue weighted by molar-refractivity contribution is 6.74. The number of halogens is 3. The van der Waals surface area contributed by atoms with E-state index in [0.29, 0.717) is 30.7 Å². The summed E-state index contributed by atoms with van der Waals surface area (Å²) in [4.78, 5) is 17.0. The molecule has 1 amide bonds. The van der Waals surface area contributed by atoms with Crippen molar-refractivity contribution in [1.29, 1.82) is 0 Å². The lowest BCUT2D eigenvalue weighted by atomic mass is 9.88. The van der Waals surface area contributed by atoms with Crippen LogP contribution in [0.3, 0.4) is 0 Å². The molecule has 2 heterocycles. The van der Waals surface area contributed by atoms with Gasteiger partial charge in [0.2, 0.25) is 0 Å². The zero-order chi connectivity index (χ0) is 21.9. The molecule has 0 unspecified atom stereocenters. The molecule has 2 bridgehead atoms. The molecule has 4 nitrogen and oxygen atoms in total. The first kappa shape index (κ1) is 23.5. The molecule has 0 radical (unpaired) electrons. The van der Waals surface area contributed by atoms with Gasteiger partial charge in [-0.05, 0) is 31.0 Å². The summed E-state index contributed by atoms with van der Waals surface area (Å²) in [7, 11) is -2.18. The molecule has 0 N–H and O–H groups in total. The summed E-state index contributed by atoms with van der Waals surface area (Å²) in [5.41, 5.74) is -0.606. The van der Waals surface area contributed by atoms with Crippen LogP contribution in [0.5, 0.6) is 0 Å². The molecule has 2 aliphatic heterocycles. The van der Waals surface area contributed by atoms with E-state index in [0.717, 1.165) is 0 Å². The fourth-order valence-electron chi connectivity index (χ4n) is 2.85. The quantitative estimate of drug-likeness (QED) is 0.463. The third kappa shape index (κ3) is 5.88. The number of nitrogens with zero attached hydrogens (tertiary/aromatic N) is 1. The molecule has 0 spiro atoms. The lowest BCUT2D eigenvalue weighted by molar-refractivity contribution is -0.219. The van der Waals surface area contributed by atoms with Gasteiger partial charge in [0.15, 0.2) is 8.32 Å². The van der Waals surface area contributed by atoms with Crippen LogP contribution in [0, 0.1) is 23.7 Å². The van der Waals surface area contributed by atoms with Gasteiger partial charge in [-0.2, -0.15) is 18.2 Å². The summed E-state index contributed by atoms with van der Waals surface area (Å²) in [6.07, 6.45) is -1.55. The second-order valence-corrected chi connectivity index (χ2v) is 13.5. The van der Waals surface area contributed by atoms with Crippen LogP contribution in [0.4, 0.5) is 13.2 Å². The lowest BCUT2D eigenvalue weighted by Crippen LogP contribution is -2.50. The zero-order valence-electron chi connectivity index (χ0n) is 17.6. The normalized spacial score (nSPS) is 23.4. The van der Waals surface area contributed by atoms with E-state index in [9.17, 15) is 18.0 Å².